The van der Waals surface area contributed by atoms with Gasteiger partial charge in [-0.1, -0.05) is 0 Å². The molecule has 4 rings (SSSR count). The maximum absolute atomic E-state index is 14.0. The summed E-state index contributed by atoms with van der Waals surface area (Å²) in [4.78, 5) is 26.7. The van der Waals surface area contributed by atoms with Crippen LogP contribution in [0.5, 0.6) is 23.0 Å². The molecule has 232 valence electrons. The van der Waals surface area contributed by atoms with Crippen LogP contribution in [0.1, 0.15) is 20.3 Å². The molecule has 0 unspecified atom stereocenters. The summed E-state index contributed by atoms with van der Waals surface area (Å²) in [6, 6.07) is 8.52. The number of piperazine rings is 1. The van der Waals surface area contributed by atoms with Crippen molar-refractivity contribution in [2.45, 2.75) is 26.4 Å². The van der Waals surface area contributed by atoms with Crippen molar-refractivity contribution < 1.29 is 33.2 Å². The third-order valence-electron chi connectivity index (χ3n) is 6.76. The number of rotatable bonds is 13. The number of anilines is 4. The summed E-state index contributed by atoms with van der Waals surface area (Å²) in [5, 5.41) is 13.2. The van der Waals surface area contributed by atoms with Gasteiger partial charge < -0.3 is 39.2 Å². The highest BCUT2D eigenvalue weighted by Gasteiger charge is 2.24. The molecule has 0 saturated carbocycles. The van der Waals surface area contributed by atoms with Crippen LogP contribution >= 0.6 is 0 Å². The second kappa shape index (κ2) is 14.7. The highest BCUT2D eigenvalue weighted by atomic mass is 19.1. The molecule has 2 aromatic carbocycles. The lowest BCUT2D eigenvalue weighted by atomic mass is 10.2. The quantitative estimate of drug-likeness (QED) is 0.259. The molecular weight excluding hydrogens is 559 g/mol. The highest BCUT2D eigenvalue weighted by Crippen LogP contribution is 2.41. The Morgan fingerprint density at radius 3 is 2.49 bits per heavy atom. The van der Waals surface area contributed by atoms with Crippen LogP contribution in [0.25, 0.3) is 0 Å². The van der Waals surface area contributed by atoms with Crippen molar-refractivity contribution in [3.05, 3.63) is 48.4 Å². The number of ether oxygens (including phenoxy) is 4. The fourth-order valence-electron chi connectivity index (χ4n) is 4.66. The van der Waals surface area contributed by atoms with Crippen molar-refractivity contribution in [1.29, 1.82) is 0 Å². The van der Waals surface area contributed by atoms with Crippen LogP contribution in [0.15, 0.2) is 42.6 Å². The summed E-state index contributed by atoms with van der Waals surface area (Å²) >= 11 is 0. The van der Waals surface area contributed by atoms with Crippen molar-refractivity contribution >= 4 is 29.2 Å². The first-order valence-electron chi connectivity index (χ1n) is 14.1. The number of halogens is 1. The monoisotopic (exact) mass is 598 g/mol. The number of likely N-dealkylation sites (N-methyl/N-ethyl adjacent to an activating group) is 1. The zero-order valence-corrected chi connectivity index (χ0v) is 25.2. The van der Waals surface area contributed by atoms with Crippen molar-refractivity contribution in [3.8, 4) is 23.0 Å². The molecule has 1 aliphatic rings. The Morgan fingerprint density at radius 1 is 1.07 bits per heavy atom. The van der Waals surface area contributed by atoms with E-state index in [1.165, 1.54) is 25.4 Å². The Bertz CT molecular complexity index is 1390. The molecule has 43 heavy (non-hydrogen) atoms. The molecule has 12 nitrogen and oxygen atoms in total. The van der Waals surface area contributed by atoms with Gasteiger partial charge in [0.2, 0.25) is 11.7 Å². The van der Waals surface area contributed by atoms with Gasteiger partial charge in [-0.05, 0) is 39.4 Å². The number of benzene rings is 2. The Morgan fingerprint density at radius 2 is 1.81 bits per heavy atom. The van der Waals surface area contributed by atoms with Gasteiger partial charge in [0, 0.05) is 68.9 Å². The largest absolute Gasteiger partial charge is 0.493 e. The smallest absolute Gasteiger partial charge is 0.417 e. The predicted molar refractivity (Wildman–Crippen MR) is 161 cm³/mol. The minimum atomic E-state index is -1.33. The number of methoxy groups -OCH3 is 2. The van der Waals surface area contributed by atoms with E-state index in [1.807, 2.05) is 0 Å². The van der Waals surface area contributed by atoms with Crippen molar-refractivity contribution in [2.24, 2.45) is 0 Å². The Kier molecular flexibility index (Phi) is 10.8. The number of carbonyl (C=O) groups is 1. The molecule has 13 heteroatoms. The normalized spacial score (nSPS) is 13.9. The lowest BCUT2D eigenvalue weighted by molar-refractivity contribution is 0.145. The first kappa shape index (κ1) is 31.6. The fraction of sp³-hybridized carbons (Fsp3) is 0.433. The Balaban J connectivity index is 1.54. The number of amides is 1. The number of nitrogens with zero attached hydrogens (tertiary/aromatic N) is 5. The van der Waals surface area contributed by atoms with Gasteiger partial charge in [0.15, 0.2) is 11.5 Å². The molecule has 1 aliphatic heterocycles. The molecule has 1 aromatic heterocycles. The maximum atomic E-state index is 14.0. The molecule has 1 fully saturated rings. The second-order valence-corrected chi connectivity index (χ2v) is 10.3. The van der Waals surface area contributed by atoms with E-state index in [0.29, 0.717) is 29.5 Å². The molecule has 1 amide bonds. The zero-order valence-electron chi connectivity index (χ0n) is 25.2. The van der Waals surface area contributed by atoms with E-state index in [1.54, 1.807) is 33.1 Å². The molecular formula is C30H39FN6O6. The number of hydrogen-bond acceptors (Lipinski definition) is 10. The van der Waals surface area contributed by atoms with E-state index in [4.69, 9.17) is 18.9 Å². The Hall–Kier alpha value is -4.36. The molecule has 2 N–H and O–H groups in total. The van der Waals surface area contributed by atoms with Gasteiger partial charge in [-0.25, -0.2) is 19.1 Å². The van der Waals surface area contributed by atoms with Gasteiger partial charge in [0.05, 0.1) is 32.6 Å². The van der Waals surface area contributed by atoms with Crippen molar-refractivity contribution in [2.75, 3.05) is 70.8 Å². The van der Waals surface area contributed by atoms with Crippen LogP contribution < -0.4 is 29.2 Å². The summed E-state index contributed by atoms with van der Waals surface area (Å²) in [5.41, 5.74) is 0.655. The van der Waals surface area contributed by atoms with Gasteiger partial charge >= 0.3 is 6.09 Å². The minimum Gasteiger partial charge on any atom is -0.493 e. The van der Waals surface area contributed by atoms with E-state index >= 15 is 0 Å². The molecule has 0 spiro atoms. The fourth-order valence-corrected chi connectivity index (χ4v) is 4.66. The summed E-state index contributed by atoms with van der Waals surface area (Å²) in [5.74, 6) is 1.03. The van der Waals surface area contributed by atoms with Crippen LogP contribution in [0.2, 0.25) is 0 Å². The number of carboxylic acid groups (broad SMARTS) is 1. The van der Waals surface area contributed by atoms with Crippen LogP contribution in [-0.2, 0) is 0 Å². The predicted octanol–water partition coefficient (Wildman–Crippen LogP) is 5.00. The molecule has 0 atom stereocenters. The second-order valence-electron chi connectivity index (χ2n) is 10.3. The van der Waals surface area contributed by atoms with E-state index in [0.717, 1.165) is 56.2 Å². The van der Waals surface area contributed by atoms with Crippen LogP contribution in [-0.4, -0.2) is 97.7 Å². The first-order chi connectivity index (χ1) is 20.7. The minimum absolute atomic E-state index is 0.0334. The topological polar surface area (TPSA) is 122 Å². The molecule has 1 saturated heterocycles. The first-order valence-corrected chi connectivity index (χ1v) is 14.1. The molecule has 2 heterocycles. The lowest BCUT2D eigenvalue weighted by Crippen LogP contribution is -2.44. The summed E-state index contributed by atoms with van der Waals surface area (Å²) in [6.45, 7) is 9.14. The van der Waals surface area contributed by atoms with Gasteiger partial charge in [0.25, 0.3) is 0 Å². The molecule has 0 bridgehead atoms. The standard InChI is InChI=1S/C30H39FN6O6/c1-20(2)43-24-17-21(31)7-8-23(24)37(30(38)39)27-9-10-32-29(34-27)33-22-18-25(40-4)28(41-5)26(19-22)42-16-6-11-36-14-12-35(3)13-15-36/h7-10,17-20H,6,11-16H2,1-5H3,(H,38,39)(H,32,33,34). The SMILES string of the molecule is COc1cc(Nc2nccc(N(C(=O)O)c3ccc(F)cc3OC(C)C)n2)cc(OCCCN2CCN(C)CC2)c1OC. The van der Waals surface area contributed by atoms with Crippen molar-refractivity contribution in [1.82, 2.24) is 19.8 Å². The maximum Gasteiger partial charge on any atom is 0.417 e. The van der Waals surface area contributed by atoms with Crippen LogP contribution in [0.3, 0.4) is 0 Å². The van der Waals surface area contributed by atoms with Gasteiger partial charge in [-0.15, -0.1) is 0 Å². The van der Waals surface area contributed by atoms with E-state index in [-0.39, 0.29) is 29.3 Å². The van der Waals surface area contributed by atoms with Gasteiger partial charge in [-0.2, -0.15) is 4.98 Å². The summed E-state index contributed by atoms with van der Waals surface area (Å²) in [7, 11) is 5.21. The van der Waals surface area contributed by atoms with E-state index in [9.17, 15) is 14.3 Å². The van der Waals surface area contributed by atoms with E-state index < -0.39 is 11.9 Å². The average Bonchev–Trinajstić information content (AvgIpc) is 2.97. The number of nitrogens with one attached hydrogen (secondary N) is 1. The molecule has 0 radical (unpaired) electrons. The number of aromatic nitrogens is 2. The van der Waals surface area contributed by atoms with E-state index in [2.05, 4.69) is 32.1 Å². The lowest BCUT2D eigenvalue weighted by Gasteiger charge is -2.32. The van der Waals surface area contributed by atoms with Gasteiger partial charge in [-0.3, -0.25) is 0 Å². The van der Waals surface area contributed by atoms with Crippen LogP contribution in [0, 0.1) is 5.82 Å². The number of hydrogen-bond donors (Lipinski definition) is 2. The average molecular weight is 599 g/mol. The highest BCUT2D eigenvalue weighted by molar-refractivity contribution is 5.95. The zero-order chi connectivity index (χ0) is 30.9. The third-order valence-corrected chi connectivity index (χ3v) is 6.76. The molecule has 3 aromatic rings. The molecule has 0 aliphatic carbocycles. The van der Waals surface area contributed by atoms with Crippen LogP contribution in [0.4, 0.5) is 32.3 Å². The summed E-state index contributed by atoms with van der Waals surface area (Å²) in [6.07, 6.45) is 0.619. The summed E-state index contributed by atoms with van der Waals surface area (Å²) < 4.78 is 36.9. The van der Waals surface area contributed by atoms with Crippen molar-refractivity contribution in [3.63, 3.8) is 0 Å². The third kappa shape index (κ3) is 8.36. The van der Waals surface area contributed by atoms with Gasteiger partial charge in [0.1, 0.15) is 17.4 Å². The Labute approximate surface area is 250 Å².